The first-order chi connectivity index (χ1) is 11.9. The topological polar surface area (TPSA) is 181 Å². The molecule has 0 aliphatic carbocycles. The number of nitrogens with zero attached hydrogens (tertiary/aromatic N) is 1. The van der Waals surface area contributed by atoms with E-state index in [1.807, 2.05) is 0 Å². The molecule has 1 saturated heterocycles. The second kappa shape index (κ2) is 8.43. The fourth-order valence-electron chi connectivity index (χ4n) is 2.82. The van der Waals surface area contributed by atoms with Crippen LogP contribution in [0.4, 0.5) is 0 Å². The summed E-state index contributed by atoms with van der Waals surface area (Å²) in [7, 11) is 0. The molecule has 1 aliphatic rings. The molecule has 1 aliphatic heterocycles. The van der Waals surface area contributed by atoms with Gasteiger partial charge in [-0.3, -0.25) is 14.6 Å². The van der Waals surface area contributed by atoms with Crippen molar-refractivity contribution in [2.45, 2.75) is 70.3 Å². The molecule has 26 heavy (non-hydrogen) atoms. The fraction of sp³-hybridized carbons (Fsp3) is 0.733. The molecule has 1 amide bonds. The van der Waals surface area contributed by atoms with Gasteiger partial charge in [-0.25, -0.2) is 4.79 Å². The van der Waals surface area contributed by atoms with E-state index in [1.165, 1.54) is 27.7 Å². The van der Waals surface area contributed by atoms with E-state index >= 15 is 0 Å². The molecule has 0 spiro atoms. The second-order valence-corrected chi connectivity index (χ2v) is 6.25. The molecule has 0 unspecified atom stereocenters. The number of amidine groups is 1. The number of ether oxygens (including phenoxy) is 2. The van der Waals surface area contributed by atoms with Crippen molar-refractivity contribution in [2.24, 2.45) is 10.7 Å². The maximum Gasteiger partial charge on any atom is 0.364 e. The van der Waals surface area contributed by atoms with Crippen molar-refractivity contribution in [3.63, 3.8) is 0 Å². The highest BCUT2D eigenvalue weighted by atomic mass is 16.7. The normalized spacial score (nSPS) is 31.6. The van der Waals surface area contributed by atoms with E-state index in [0.29, 0.717) is 0 Å². The lowest BCUT2D eigenvalue weighted by Crippen LogP contribution is -2.66. The van der Waals surface area contributed by atoms with Gasteiger partial charge in [0.1, 0.15) is 18.2 Å². The van der Waals surface area contributed by atoms with Gasteiger partial charge in [-0.2, -0.15) is 0 Å². The molecule has 0 aromatic heterocycles. The predicted molar refractivity (Wildman–Crippen MR) is 88.0 cm³/mol. The van der Waals surface area contributed by atoms with Crippen LogP contribution in [0.5, 0.6) is 0 Å². The fourth-order valence-corrected chi connectivity index (χ4v) is 2.82. The molecule has 1 rings (SSSR count). The van der Waals surface area contributed by atoms with Crippen LogP contribution in [0, 0.1) is 0 Å². The Hall–Kier alpha value is -2.24. The van der Waals surface area contributed by atoms with Gasteiger partial charge in [-0.1, -0.05) is 0 Å². The maximum atomic E-state index is 11.5. The molecule has 1 fully saturated rings. The van der Waals surface area contributed by atoms with Gasteiger partial charge >= 0.3 is 11.9 Å². The smallest absolute Gasteiger partial charge is 0.364 e. The Kier molecular flexibility index (Phi) is 7.07. The number of carbonyl (C=O) groups excluding carboxylic acids is 2. The van der Waals surface area contributed by atoms with Crippen LogP contribution in [0.2, 0.25) is 0 Å². The average molecular weight is 375 g/mol. The Balaban J connectivity index is 3.35. The van der Waals surface area contributed by atoms with E-state index in [1.54, 1.807) is 0 Å². The zero-order valence-corrected chi connectivity index (χ0v) is 15.0. The molecular weight excluding hydrogens is 350 g/mol. The van der Waals surface area contributed by atoms with Crippen molar-refractivity contribution in [3.8, 4) is 0 Å². The molecule has 0 aromatic rings. The van der Waals surface area contributed by atoms with E-state index < -0.39 is 60.4 Å². The van der Waals surface area contributed by atoms with Crippen molar-refractivity contribution in [1.29, 1.82) is 0 Å². The van der Waals surface area contributed by atoms with Gasteiger partial charge in [0.05, 0.1) is 18.0 Å². The minimum atomic E-state index is -2.70. The van der Waals surface area contributed by atoms with Crippen molar-refractivity contribution >= 4 is 23.7 Å². The molecule has 0 aromatic carbocycles. The molecular formula is C15H25N3O8. The third-order valence-corrected chi connectivity index (χ3v) is 3.81. The zero-order valence-electron chi connectivity index (χ0n) is 15.0. The molecule has 6 atom stereocenters. The Morgan fingerprint density at radius 2 is 1.92 bits per heavy atom. The SMILES string of the molecule is CC(=O)N[C@H]1[C@H]([C@H](N=C(C)N)[C@H](C)OC(C)=O)O[C@](O)(C(=O)O)C[C@@H]1O. The summed E-state index contributed by atoms with van der Waals surface area (Å²) >= 11 is 0. The second-order valence-electron chi connectivity index (χ2n) is 6.25. The summed E-state index contributed by atoms with van der Waals surface area (Å²) in [6.45, 7) is 5.28. The summed E-state index contributed by atoms with van der Waals surface area (Å²) in [5.41, 5.74) is 5.60. The highest BCUT2D eigenvalue weighted by molar-refractivity contribution is 5.78. The third-order valence-electron chi connectivity index (χ3n) is 3.81. The van der Waals surface area contributed by atoms with Crippen LogP contribution in [-0.2, 0) is 23.9 Å². The van der Waals surface area contributed by atoms with Gasteiger partial charge in [0.25, 0.3) is 5.79 Å². The Morgan fingerprint density at radius 1 is 1.35 bits per heavy atom. The summed E-state index contributed by atoms with van der Waals surface area (Å²) in [6, 6.07) is -2.21. The third kappa shape index (κ3) is 5.38. The van der Waals surface area contributed by atoms with Gasteiger partial charge in [-0.15, -0.1) is 0 Å². The van der Waals surface area contributed by atoms with Gasteiger partial charge in [0.15, 0.2) is 0 Å². The number of hydrogen-bond donors (Lipinski definition) is 5. The predicted octanol–water partition coefficient (Wildman–Crippen LogP) is -1.89. The monoisotopic (exact) mass is 375 g/mol. The lowest BCUT2D eigenvalue weighted by atomic mass is 9.87. The zero-order chi connectivity index (χ0) is 20.2. The molecule has 11 nitrogen and oxygen atoms in total. The quantitative estimate of drug-likeness (QED) is 0.201. The molecule has 6 N–H and O–H groups in total. The number of carboxylic acids is 1. The number of aliphatic imine (C=N–C) groups is 1. The maximum absolute atomic E-state index is 11.5. The number of aliphatic carboxylic acids is 1. The van der Waals surface area contributed by atoms with Crippen LogP contribution in [0.3, 0.4) is 0 Å². The first kappa shape index (κ1) is 21.8. The van der Waals surface area contributed by atoms with E-state index in [9.17, 15) is 29.7 Å². The van der Waals surface area contributed by atoms with E-state index in [0.717, 1.165) is 0 Å². The van der Waals surface area contributed by atoms with Crippen molar-refractivity contribution in [1.82, 2.24) is 5.32 Å². The standard InChI is InChI=1S/C15H25N3O8/c1-6(25-9(4)20)11(17-7(2)16)13-12(18-8(3)19)10(21)5-15(24,26-13)14(22)23/h6,10-13,21,24H,5H2,1-4H3,(H2,16,17)(H,18,19)(H,22,23)/t6-,10-,11+,12+,13-,15-/m0/s1. The molecule has 0 saturated carbocycles. The number of amides is 1. The first-order valence-corrected chi connectivity index (χ1v) is 7.93. The molecule has 1 heterocycles. The number of nitrogens with two attached hydrogens (primary N) is 1. The molecule has 0 radical (unpaired) electrons. The van der Waals surface area contributed by atoms with E-state index in [4.69, 9.17) is 15.2 Å². The number of nitrogens with one attached hydrogen (secondary N) is 1. The van der Waals surface area contributed by atoms with Gasteiger partial charge < -0.3 is 35.8 Å². The van der Waals surface area contributed by atoms with Crippen LogP contribution in [0.15, 0.2) is 4.99 Å². The van der Waals surface area contributed by atoms with Crippen molar-refractivity contribution in [2.75, 3.05) is 0 Å². The van der Waals surface area contributed by atoms with E-state index in [2.05, 4.69) is 10.3 Å². The summed E-state index contributed by atoms with van der Waals surface area (Å²) < 4.78 is 10.4. The minimum Gasteiger partial charge on any atom is -0.477 e. The number of rotatable bonds is 6. The lowest BCUT2D eigenvalue weighted by Gasteiger charge is -2.45. The summed E-state index contributed by atoms with van der Waals surface area (Å²) in [5.74, 6) is -5.50. The van der Waals surface area contributed by atoms with Crippen LogP contribution in [-0.4, -0.2) is 75.2 Å². The highest BCUT2D eigenvalue weighted by Crippen LogP contribution is 2.32. The van der Waals surface area contributed by atoms with Crippen LogP contribution in [0.1, 0.15) is 34.1 Å². The number of aliphatic hydroxyl groups excluding tert-OH is 1. The Morgan fingerprint density at radius 3 is 2.35 bits per heavy atom. The van der Waals surface area contributed by atoms with Crippen molar-refractivity contribution < 1.29 is 39.2 Å². The number of carbonyl (C=O) groups is 3. The van der Waals surface area contributed by atoms with Crippen LogP contribution < -0.4 is 11.1 Å². The minimum absolute atomic E-state index is 0.0677. The lowest BCUT2D eigenvalue weighted by molar-refractivity contribution is -0.282. The van der Waals surface area contributed by atoms with Gasteiger partial charge in [0.2, 0.25) is 5.91 Å². The Labute approximate surface area is 150 Å². The Bertz CT molecular complexity index is 591. The summed E-state index contributed by atoms with van der Waals surface area (Å²) in [5, 5.41) is 32.2. The van der Waals surface area contributed by atoms with Crippen molar-refractivity contribution in [3.05, 3.63) is 0 Å². The summed E-state index contributed by atoms with van der Waals surface area (Å²) in [4.78, 5) is 38.2. The largest absolute Gasteiger partial charge is 0.477 e. The van der Waals surface area contributed by atoms with Crippen LogP contribution in [0.25, 0.3) is 0 Å². The van der Waals surface area contributed by atoms with Gasteiger partial charge in [0, 0.05) is 20.3 Å². The number of carboxylic acid groups (broad SMARTS) is 1. The first-order valence-electron chi connectivity index (χ1n) is 7.93. The molecule has 148 valence electrons. The van der Waals surface area contributed by atoms with Crippen LogP contribution >= 0.6 is 0 Å². The number of hydrogen-bond acceptors (Lipinski definition) is 8. The van der Waals surface area contributed by atoms with Gasteiger partial charge in [-0.05, 0) is 13.8 Å². The molecule has 0 bridgehead atoms. The number of esters is 1. The molecule has 11 heteroatoms. The summed E-state index contributed by atoms with van der Waals surface area (Å²) in [6.07, 6.45) is -4.42. The highest BCUT2D eigenvalue weighted by Gasteiger charge is 2.54. The van der Waals surface area contributed by atoms with E-state index in [-0.39, 0.29) is 5.84 Å². The number of aliphatic hydroxyl groups is 2. The average Bonchev–Trinajstić information content (AvgIpc) is 2.46.